The van der Waals surface area contributed by atoms with Crippen molar-refractivity contribution in [2.24, 2.45) is 4.40 Å². The van der Waals surface area contributed by atoms with E-state index in [0.29, 0.717) is 24.4 Å². The van der Waals surface area contributed by atoms with Crippen molar-refractivity contribution >= 4 is 21.8 Å². The molecule has 27 heavy (non-hydrogen) atoms. The maximum atomic E-state index is 12.7. The van der Waals surface area contributed by atoms with Crippen molar-refractivity contribution in [1.82, 2.24) is 4.90 Å². The second-order valence-electron chi connectivity index (χ2n) is 6.83. The van der Waals surface area contributed by atoms with Crippen molar-refractivity contribution in [2.75, 3.05) is 6.54 Å². The molecule has 1 atom stereocenters. The number of carbonyl (C=O) groups excluding carboxylic acids is 1. The smallest absolute Gasteiger partial charge is 0.329 e. The van der Waals surface area contributed by atoms with Crippen LogP contribution in [0.5, 0.6) is 0 Å². The van der Waals surface area contributed by atoms with Gasteiger partial charge in [0.05, 0.1) is 0 Å². The van der Waals surface area contributed by atoms with Gasteiger partial charge in [0.15, 0.2) is 5.84 Å². The minimum atomic E-state index is -3.71. The molecule has 2 aliphatic heterocycles. The van der Waals surface area contributed by atoms with Gasteiger partial charge in [-0.05, 0) is 37.5 Å². The van der Waals surface area contributed by atoms with Crippen LogP contribution in [-0.4, -0.2) is 37.7 Å². The second-order valence-corrected chi connectivity index (χ2v) is 8.40. The summed E-state index contributed by atoms with van der Waals surface area (Å²) in [5.74, 6) is -0.00191. The number of amidine groups is 1. The summed E-state index contributed by atoms with van der Waals surface area (Å²) in [6, 6.07) is 14.0. The number of esters is 1. The van der Waals surface area contributed by atoms with Crippen molar-refractivity contribution in [3.8, 4) is 0 Å². The first-order valence-corrected chi connectivity index (χ1v) is 10.3. The van der Waals surface area contributed by atoms with Gasteiger partial charge >= 0.3 is 5.97 Å². The van der Waals surface area contributed by atoms with Gasteiger partial charge in [-0.1, -0.05) is 42.0 Å². The number of likely N-dealkylation sites (tertiary alicyclic amines) is 1. The van der Waals surface area contributed by atoms with Gasteiger partial charge in [-0.3, -0.25) is 0 Å². The lowest BCUT2D eigenvalue weighted by atomic mass is 10.1. The third-order valence-corrected chi connectivity index (χ3v) is 6.24. The van der Waals surface area contributed by atoms with Crippen molar-refractivity contribution in [3.63, 3.8) is 0 Å². The first kappa shape index (κ1) is 17.7. The largest absolute Gasteiger partial charge is 0.459 e. The highest BCUT2D eigenvalue weighted by Crippen LogP contribution is 2.31. The van der Waals surface area contributed by atoms with E-state index in [0.717, 1.165) is 17.5 Å². The summed E-state index contributed by atoms with van der Waals surface area (Å²) in [6.45, 7) is 2.78. The molecule has 0 saturated carbocycles. The Labute approximate surface area is 158 Å². The molecule has 140 valence electrons. The topological polar surface area (TPSA) is 76.0 Å². The summed E-state index contributed by atoms with van der Waals surface area (Å²) in [5.41, 5.74) is 2.62. The molecule has 2 heterocycles. The minimum Gasteiger partial charge on any atom is -0.459 e. The predicted octanol–water partition coefficient (Wildman–Crippen LogP) is 2.65. The van der Waals surface area contributed by atoms with Crippen LogP contribution in [0.15, 0.2) is 57.8 Å². The van der Waals surface area contributed by atoms with Crippen LogP contribution in [0, 0.1) is 6.92 Å². The van der Waals surface area contributed by atoms with E-state index in [1.165, 1.54) is 0 Å². The zero-order valence-electron chi connectivity index (χ0n) is 15.0. The number of rotatable bonds is 3. The second kappa shape index (κ2) is 6.81. The number of nitrogens with zero attached hydrogens (tertiary/aromatic N) is 2. The maximum absolute atomic E-state index is 12.7. The van der Waals surface area contributed by atoms with E-state index < -0.39 is 16.1 Å². The molecule has 2 aromatic rings. The molecule has 2 aromatic carbocycles. The SMILES string of the molecule is Cc1ccc(COC(=O)[C@@H]2CCCN2C2=NS(=O)(=O)c3ccccc32)cc1. The summed E-state index contributed by atoms with van der Waals surface area (Å²) in [6.07, 6.45) is 1.40. The molecule has 6 nitrogen and oxygen atoms in total. The van der Waals surface area contributed by atoms with E-state index in [2.05, 4.69) is 4.40 Å². The third kappa shape index (κ3) is 3.35. The summed E-state index contributed by atoms with van der Waals surface area (Å²) in [5, 5.41) is 0. The quantitative estimate of drug-likeness (QED) is 0.761. The number of benzene rings is 2. The Balaban J connectivity index is 1.53. The van der Waals surface area contributed by atoms with Crippen LogP contribution in [0.3, 0.4) is 0 Å². The molecule has 0 unspecified atom stereocenters. The van der Waals surface area contributed by atoms with Gasteiger partial charge in [0.1, 0.15) is 17.5 Å². The van der Waals surface area contributed by atoms with E-state index in [1.54, 1.807) is 29.2 Å². The molecule has 2 aliphatic rings. The van der Waals surface area contributed by atoms with Gasteiger partial charge in [-0.15, -0.1) is 4.40 Å². The van der Waals surface area contributed by atoms with Gasteiger partial charge in [0.25, 0.3) is 10.0 Å². The molecule has 4 rings (SSSR count). The molecule has 7 heteroatoms. The van der Waals surface area contributed by atoms with Crippen LogP contribution in [0.1, 0.15) is 29.5 Å². The fourth-order valence-electron chi connectivity index (χ4n) is 3.50. The van der Waals surface area contributed by atoms with Gasteiger partial charge in [0, 0.05) is 12.1 Å². The van der Waals surface area contributed by atoms with Crippen LogP contribution < -0.4 is 0 Å². The van der Waals surface area contributed by atoms with Gasteiger partial charge in [-0.2, -0.15) is 8.42 Å². The Hall–Kier alpha value is -2.67. The molecule has 1 saturated heterocycles. The van der Waals surface area contributed by atoms with Crippen LogP contribution in [0.4, 0.5) is 0 Å². The number of aryl methyl sites for hydroxylation is 1. The van der Waals surface area contributed by atoms with Gasteiger partial charge in [-0.25, -0.2) is 4.79 Å². The summed E-state index contributed by atoms with van der Waals surface area (Å²) >= 11 is 0. The van der Waals surface area contributed by atoms with E-state index in [4.69, 9.17) is 4.74 Å². The van der Waals surface area contributed by atoms with Crippen LogP contribution in [0.2, 0.25) is 0 Å². The lowest BCUT2D eigenvalue weighted by Gasteiger charge is -2.25. The highest BCUT2D eigenvalue weighted by atomic mass is 32.2. The van der Waals surface area contributed by atoms with Crippen LogP contribution in [-0.2, 0) is 26.2 Å². The zero-order chi connectivity index (χ0) is 19.0. The van der Waals surface area contributed by atoms with Gasteiger partial charge in [0.2, 0.25) is 0 Å². The van der Waals surface area contributed by atoms with E-state index >= 15 is 0 Å². The molecular weight excluding hydrogens is 364 g/mol. The molecule has 0 aliphatic carbocycles. The number of fused-ring (bicyclic) bond motifs is 1. The van der Waals surface area contributed by atoms with E-state index in [-0.39, 0.29) is 17.5 Å². The molecular formula is C20H20N2O4S. The Kier molecular flexibility index (Phi) is 4.47. The average molecular weight is 384 g/mol. The lowest BCUT2D eigenvalue weighted by Crippen LogP contribution is -2.41. The fourth-order valence-corrected chi connectivity index (χ4v) is 4.71. The molecule has 0 radical (unpaired) electrons. The molecule has 0 bridgehead atoms. The molecule has 0 amide bonds. The molecule has 1 fully saturated rings. The zero-order valence-corrected chi connectivity index (χ0v) is 15.8. The molecule has 0 spiro atoms. The standard InChI is InChI=1S/C20H20N2O4S/c1-14-8-10-15(11-9-14)13-26-20(23)17-6-4-12-22(17)19-16-5-2-3-7-18(16)27(24,25)21-19/h2-3,5,7-11,17H,4,6,12-13H2,1H3/t17-/m0/s1. The normalized spacial score (nSPS) is 20.3. The van der Waals surface area contributed by atoms with E-state index in [9.17, 15) is 13.2 Å². The number of sulfonamides is 1. The number of ether oxygens (including phenoxy) is 1. The Morgan fingerprint density at radius 2 is 1.93 bits per heavy atom. The fraction of sp³-hybridized carbons (Fsp3) is 0.300. The third-order valence-electron chi connectivity index (χ3n) is 4.91. The molecule has 0 N–H and O–H groups in total. The summed E-state index contributed by atoms with van der Waals surface area (Å²) < 4.78 is 34.0. The maximum Gasteiger partial charge on any atom is 0.329 e. The van der Waals surface area contributed by atoms with Crippen molar-refractivity contribution in [3.05, 3.63) is 65.2 Å². The van der Waals surface area contributed by atoms with Crippen molar-refractivity contribution in [1.29, 1.82) is 0 Å². The Morgan fingerprint density at radius 1 is 1.19 bits per heavy atom. The first-order valence-electron chi connectivity index (χ1n) is 8.89. The first-order chi connectivity index (χ1) is 13.0. The predicted molar refractivity (Wildman–Crippen MR) is 101 cm³/mol. The van der Waals surface area contributed by atoms with Crippen LogP contribution >= 0.6 is 0 Å². The lowest BCUT2D eigenvalue weighted by molar-refractivity contribution is -0.149. The summed E-state index contributed by atoms with van der Waals surface area (Å²) in [4.78, 5) is 14.6. The molecule has 0 aromatic heterocycles. The van der Waals surface area contributed by atoms with E-state index in [1.807, 2.05) is 31.2 Å². The average Bonchev–Trinajstić information content (AvgIpc) is 3.24. The number of hydrogen-bond acceptors (Lipinski definition) is 5. The van der Waals surface area contributed by atoms with Crippen molar-refractivity contribution in [2.45, 2.75) is 37.3 Å². The monoisotopic (exact) mass is 384 g/mol. The Morgan fingerprint density at radius 3 is 2.70 bits per heavy atom. The highest BCUT2D eigenvalue weighted by molar-refractivity contribution is 7.90. The number of hydrogen-bond donors (Lipinski definition) is 0. The van der Waals surface area contributed by atoms with Crippen LogP contribution in [0.25, 0.3) is 0 Å². The summed E-state index contributed by atoms with van der Waals surface area (Å²) in [7, 11) is -3.71. The highest BCUT2D eigenvalue weighted by Gasteiger charge is 2.39. The number of carbonyl (C=O) groups is 1. The minimum absolute atomic E-state index is 0.193. The van der Waals surface area contributed by atoms with Crippen molar-refractivity contribution < 1.29 is 17.9 Å². The Bertz CT molecular complexity index is 1010. The van der Waals surface area contributed by atoms with Gasteiger partial charge < -0.3 is 9.64 Å².